The van der Waals surface area contributed by atoms with Crippen molar-refractivity contribution in [1.82, 2.24) is 4.90 Å². The molecule has 3 aliphatic rings. The van der Waals surface area contributed by atoms with Crippen LogP contribution in [0.15, 0.2) is 30.3 Å². The number of alkyl halides is 3. The number of carboxylic acids is 1. The first-order valence-corrected chi connectivity index (χ1v) is 10.3. The number of aliphatic carboxylic acids is 1. The van der Waals surface area contributed by atoms with Gasteiger partial charge in [0.1, 0.15) is 0 Å². The van der Waals surface area contributed by atoms with Crippen LogP contribution in [0.4, 0.5) is 18.9 Å². The van der Waals surface area contributed by atoms with Gasteiger partial charge < -0.3 is 14.7 Å². The summed E-state index contributed by atoms with van der Waals surface area (Å²) >= 11 is 0. The lowest BCUT2D eigenvalue weighted by molar-refractivity contribution is -0.192. The molecule has 166 valence electrons. The highest BCUT2D eigenvalue weighted by molar-refractivity contribution is 5.95. The number of piperidine rings is 1. The van der Waals surface area contributed by atoms with Gasteiger partial charge in [0.2, 0.25) is 5.91 Å². The van der Waals surface area contributed by atoms with Crippen LogP contribution in [0.25, 0.3) is 0 Å². The molecule has 1 aromatic carbocycles. The summed E-state index contributed by atoms with van der Waals surface area (Å²) in [5.41, 5.74) is 1.07. The second kappa shape index (κ2) is 9.78. The SMILES string of the molecule is O=C(O)C(F)(F)F.O=C1CC[C@@H]2[C@@H](CCN2CC2CCOCC2)N1c1ccccc1. The van der Waals surface area contributed by atoms with Crippen molar-refractivity contribution in [2.75, 3.05) is 31.2 Å². The zero-order valence-corrected chi connectivity index (χ0v) is 16.7. The van der Waals surface area contributed by atoms with Crippen LogP contribution in [0.3, 0.4) is 0 Å². The summed E-state index contributed by atoms with van der Waals surface area (Å²) in [6.07, 6.45) is 0.106. The summed E-state index contributed by atoms with van der Waals surface area (Å²) in [5.74, 6) is -1.69. The molecule has 2 atom stereocenters. The van der Waals surface area contributed by atoms with Crippen LogP contribution in [-0.2, 0) is 14.3 Å². The van der Waals surface area contributed by atoms with Gasteiger partial charge in [0.25, 0.3) is 0 Å². The number of para-hydroxylation sites is 1. The Morgan fingerprint density at radius 3 is 2.30 bits per heavy atom. The van der Waals surface area contributed by atoms with Gasteiger partial charge in [-0.2, -0.15) is 13.2 Å². The van der Waals surface area contributed by atoms with E-state index in [0.29, 0.717) is 24.4 Å². The van der Waals surface area contributed by atoms with E-state index in [9.17, 15) is 18.0 Å². The molecule has 9 heteroatoms. The van der Waals surface area contributed by atoms with Crippen molar-refractivity contribution in [3.63, 3.8) is 0 Å². The number of carboxylic acid groups (broad SMARTS) is 1. The van der Waals surface area contributed by atoms with Crippen molar-refractivity contribution < 1.29 is 32.6 Å². The molecule has 0 radical (unpaired) electrons. The average molecular weight is 428 g/mol. The van der Waals surface area contributed by atoms with E-state index < -0.39 is 12.1 Å². The number of benzene rings is 1. The standard InChI is InChI=1S/C19H26N2O2.C2HF3O2/c22-19-7-6-17-18(21(19)16-4-2-1-3-5-16)8-11-20(17)14-15-9-12-23-13-10-15;3-2(4,5)1(6)7/h1-5,15,17-18H,6-14H2;(H,6,7)/t17-,18-;/m1./s1. The van der Waals surface area contributed by atoms with Gasteiger partial charge in [0.05, 0.1) is 6.04 Å². The highest BCUT2D eigenvalue weighted by atomic mass is 19.4. The number of nitrogens with zero attached hydrogens (tertiary/aromatic N) is 2. The van der Waals surface area contributed by atoms with Gasteiger partial charge in [-0.25, -0.2) is 4.79 Å². The topological polar surface area (TPSA) is 70.1 Å². The Bertz CT molecular complexity index is 723. The van der Waals surface area contributed by atoms with Crippen LogP contribution in [0, 0.1) is 5.92 Å². The number of hydrogen-bond acceptors (Lipinski definition) is 4. The Balaban J connectivity index is 0.000000318. The fourth-order valence-corrected chi connectivity index (χ4v) is 4.56. The molecule has 3 heterocycles. The summed E-state index contributed by atoms with van der Waals surface area (Å²) in [4.78, 5) is 26.2. The quantitative estimate of drug-likeness (QED) is 0.800. The molecule has 4 rings (SSSR count). The molecule has 3 saturated heterocycles. The summed E-state index contributed by atoms with van der Waals surface area (Å²) in [6, 6.07) is 11.1. The number of carbonyl (C=O) groups is 2. The molecule has 0 saturated carbocycles. The van der Waals surface area contributed by atoms with E-state index in [1.165, 1.54) is 19.4 Å². The largest absolute Gasteiger partial charge is 0.490 e. The van der Waals surface area contributed by atoms with Crippen molar-refractivity contribution in [2.45, 2.75) is 50.4 Å². The van der Waals surface area contributed by atoms with Gasteiger partial charge in [-0.15, -0.1) is 0 Å². The maximum atomic E-state index is 12.5. The molecule has 0 aromatic heterocycles. The van der Waals surface area contributed by atoms with E-state index in [0.717, 1.165) is 44.2 Å². The first-order chi connectivity index (χ1) is 14.3. The summed E-state index contributed by atoms with van der Waals surface area (Å²) in [7, 11) is 0. The maximum absolute atomic E-state index is 12.5. The lowest BCUT2D eigenvalue weighted by atomic mass is 9.94. The highest BCUT2D eigenvalue weighted by Crippen LogP contribution is 2.35. The van der Waals surface area contributed by atoms with Gasteiger partial charge >= 0.3 is 12.1 Å². The molecule has 0 unspecified atom stereocenters. The summed E-state index contributed by atoms with van der Waals surface area (Å²) in [5, 5.41) is 7.12. The predicted molar refractivity (Wildman–Crippen MR) is 104 cm³/mol. The monoisotopic (exact) mass is 428 g/mol. The fourth-order valence-electron chi connectivity index (χ4n) is 4.56. The Labute approximate surface area is 173 Å². The number of rotatable bonds is 3. The van der Waals surface area contributed by atoms with Crippen molar-refractivity contribution >= 4 is 17.6 Å². The molecule has 3 fully saturated rings. The molecular weight excluding hydrogens is 401 g/mol. The van der Waals surface area contributed by atoms with Crippen LogP contribution < -0.4 is 4.90 Å². The number of carbonyl (C=O) groups excluding carboxylic acids is 1. The smallest absolute Gasteiger partial charge is 0.475 e. The Kier molecular flexibility index (Phi) is 7.36. The molecule has 1 N–H and O–H groups in total. The van der Waals surface area contributed by atoms with Gasteiger partial charge in [0, 0.05) is 44.5 Å². The highest BCUT2D eigenvalue weighted by Gasteiger charge is 2.44. The minimum atomic E-state index is -5.08. The number of ether oxygens (including phenoxy) is 1. The van der Waals surface area contributed by atoms with E-state index in [-0.39, 0.29) is 0 Å². The molecule has 0 aliphatic carbocycles. The number of fused-ring (bicyclic) bond motifs is 1. The predicted octanol–water partition coefficient (Wildman–Crippen LogP) is 3.32. The number of likely N-dealkylation sites (tertiary alicyclic amines) is 1. The van der Waals surface area contributed by atoms with Gasteiger partial charge in [0.15, 0.2) is 0 Å². The average Bonchev–Trinajstić information content (AvgIpc) is 3.11. The van der Waals surface area contributed by atoms with Crippen LogP contribution in [0.5, 0.6) is 0 Å². The third-order valence-corrected chi connectivity index (χ3v) is 5.99. The van der Waals surface area contributed by atoms with Crippen LogP contribution in [0.1, 0.15) is 32.1 Å². The Morgan fingerprint density at radius 1 is 1.07 bits per heavy atom. The zero-order valence-electron chi connectivity index (χ0n) is 16.7. The lowest BCUT2D eigenvalue weighted by Gasteiger charge is -2.40. The van der Waals surface area contributed by atoms with Gasteiger partial charge in [-0.05, 0) is 43.7 Å². The van der Waals surface area contributed by atoms with Crippen molar-refractivity contribution in [1.29, 1.82) is 0 Å². The van der Waals surface area contributed by atoms with Crippen molar-refractivity contribution in [2.24, 2.45) is 5.92 Å². The Morgan fingerprint density at radius 2 is 1.70 bits per heavy atom. The van der Waals surface area contributed by atoms with Gasteiger partial charge in [-0.1, -0.05) is 18.2 Å². The second-order valence-electron chi connectivity index (χ2n) is 7.91. The first-order valence-electron chi connectivity index (χ1n) is 10.3. The molecule has 0 spiro atoms. The van der Waals surface area contributed by atoms with E-state index in [1.807, 2.05) is 18.2 Å². The number of halogens is 3. The van der Waals surface area contributed by atoms with Crippen LogP contribution >= 0.6 is 0 Å². The molecule has 3 aliphatic heterocycles. The molecule has 0 bridgehead atoms. The summed E-state index contributed by atoms with van der Waals surface area (Å²) < 4.78 is 37.2. The number of anilines is 1. The van der Waals surface area contributed by atoms with E-state index in [1.54, 1.807) is 0 Å². The van der Waals surface area contributed by atoms with E-state index >= 15 is 0 Å². The zero-order chi connectivity index (χ0) is 21.7. The van der Waals surface area contributed by atoms with Crippen LogP contribution in [0.2, 0.25) is 0 Å². The molecule has 1 aromatic rings. The fraction of sp³-hybridized carbons (Fsp3) is 0.619. The third-order valence-electron chi connectivity index (χ3n) is 5.99. The minimum Gasteiger partial charge on any atom is -0.475 e. The third kappa shape index (κ3) is 5.51. The molecule has 6 nitrogen and oxygen atoms in total. The first kappa shape index (κ1) is 22.6. The number of hydrogen-bond donors (Lipinski definition) is 1. The van der Waals surface area contributed by atoms with E-state index in [2.05, 4.69) is 21.9 Å². The van der Waals surface area contributed by atoms with Gasteiger partial charge in [-0.3, -0.25) is 9.69 Å². The lowest BCUT2D eigenvalue weighted by Crippen LogP contribution is -2.53. The second-order valence-corrected chi connectivity index (χ2v) is 7.91. The normalized spacial score (nSPS) is 25.4. The Hall–Kier alpha value is -2.13. The maximum Gasteiger partial charge on any atom is 0.490 e. The van der Waals surface area contributed by atoms with Crippen LogP contribution in [-0.4, -0.2) is 66.4 Å². The van der Waals surface area contributed by atoms with Crippen molar-refractivity contribution in [3.05, 3.63) is 30.3 Å². The molecule has 1 amide bonds. The van der Waals surface area contributed by atoms with E-state index in [4.69, 9.17) is 14.6 Å². The number of amides is 1. The van der Waals surface area contributed by atoms with Crippen molar-refractivity contribution in [3.8, 4) is 0 Å². The molecular formula is C21H27F3N2O4. The molecule has 30 heavy (non-hydrogen) atoms. The summed E-state index contributed by atoms with van der Waals surface area (Å²) in [6.45, 7) is 4.15. The minimum absolute atomic E-state index is 0.297.